The van der Waals surface area contributed by atoms with Crippen LogP contribution >= 0.6 is 0 Å². The number of imidazole rings is 1. The van der Waals surface area contributed by atoms with Crippen molar-refractivity contribution in [2.75, 3.05) is 11.9 Å². The molecule has 0 radical (unpaired) electrons. The zero-order chi connectivity index (χ0) is 20.2. The second kappa shape index (κ2) is 6.62. The normalized spacial score (nSPS) is 28.8. The maximum absolute atomic E-state index is 12.4. The Morgan fingerprint density at radius 3 is 2.79 bits per heavy atom. The third-order valence-corrected chi connectivity index (χ3v) is 4.78. The van der Waals surface area contributed by atoms with Gasteiger partial charge in [-0.2, -0.15) is 4.98 Å². The highest BCUT2D eigenvalue weighted by Crippen LogP contribution is 2.43. The van der Waals surface area contributed by atoms with Crippen molar-refractivity contribution in [1.82, 2.24) is 19.5 Å². The molecule has 11 nitrogen and oxygen atoms in total. The molecular formula is C17H23N5O6. The van der Waals surface area contributed by atoms with Crippen LogP contribution in [0.25, 0.3) is 11.2 Å². The molecular weight excluding hydrogens is 370 g/mol. The fourth-order valence-electron chi connectivity index (χ4n) is 3.46. The lowest BCUT2D eigenvalue weighted by molar-refractivity contribution is -0.199. The first kappa shape index (κ1) is 19.0. The summed E-state index contributed by atoms with van der Waals surface area (Å²) < 4.78 is 19.3. The first-order chi connectivity index (χ1) is 13.2. The Bertz CT molecular complexity index is 967. The predicted molar refractivity (Wildman–Crippen MR) is 96.4 cm³/mol. The molecule has 4 atom stereocenters. The number of aromatic nitrogens is 4. The molecule has 0 aromatic carbocycles. The molecule has 0 bridgehead atoms. The van der Waals surface area contributed by atoms with Gasteiger partial charge >= 0.3 is 0 Å². The van der Waals surface area contributed by atoms with E-state index in [1.54, 1.807) is 32.3 Å². The molecule has 2 aromatic rings. The number of amides is 1. The number of rotatable bonds is 4. The SMILES string of the molecule is CC(C)C(=O)Nc1nc2c(ncn2[C@@H]2O[C@H](CO)C3OC(C)(C)OC32)c(=O)[nH]1. The summed E-state index contributed by atoms with van der Waals surface area (Å²) in [6, 6.07) is 0. The van der Waals surface area contributed by atoms with Crippen LogP contribution in [0.15, 0.2) is 11.1 Å². The van der Waals surface area contributed by atoms with E-state index < -0.39 is 35.9 Å². The summed E-state index contributed by atoms with van der Waals surface area (Å²) in [6.45, 7) is 6.79. The first-order valence-corrected chi connectivity index (χ1v) is 9.10. The molecule has 28 heavy (non-hydrogen) atoms. The van der Waals surface area contributed by atoms with Gasteiger partial charge in [0.05, 0.1) is 12.9 Å². The first-order valence-electron chi connectivity index (χ1n) is 9.10. The van der Waals surface area contributed by atoms with Crippen LogP contribution in [-0.2, 0) is 19.0 Å². The molecule has 3 N–H and O–H groups in total. The molecule has 2 aliphatic heterocycles. The molecule has 0 aliphatic carbocycles. The lowest BCUT2D eigenvalue weighted by Crippen LogP contribution is -2.31. The summed E-state index contributed by atoms with van der Waals surface area (Å²) in [5, 5.41) is 12.2. The number of fused-ring (bicyclic) bond motifs is 2. The van der Waals surface area contributed by atoms with Gasteiger partial charge in [0.25, 0.3) is 5.56 Å². The van der Waals surface area contributed by atoms with Gasteiger partial charge in [-0.3, -0.25) is 24.5 Å². The quantitative estimate of drug-likeness (QED) is 0.665. The third kappa shape index (κ3) is 3.09. The van der Waals surface area contributed by atoms with Gasteiger partial charge in [-0.25, -0.2) is 4.98 Å². The van der Waals surface area contributed by atoms with Crippen molar-refractivity contribution >= 4 is 23.0 Å². The molecule has 0 spiro atoms. The van der Waals surface area contributed by atoms with Crippen LogP contribution in [0.4, 0.5) is 5.95 Å². The Balaban J connectivity index is 1.74. The van der Waals surface area contributed by atoms with Gasteiger partial charge in [0, 0.05) is 5.92 Å². The second-order valence-electron chi connectivity index (χ2n) is 7.69. The predicted octanol–water partition coefficient (Wildman–Crippen LogP) is 0.124. The highest BCUT2D eigenvalue weighted by Gasteiger charge is 2.56. The number of hydrogen-bond donors (Lipinski definition) is 3. The zero-order valence-corrected chi connectivity index (χ0v) is 16.0. The molecule has 4 rings (SSSR count). The molecule has 2 fully saturated rings. The highest BCUT2D eigenvalue weighted by molar-refractivity contribution is 5.91. The van der Waals surface area contributed by atoms with Gasteiger partial charge < -0.3 is 19.3 Å². The van der Waals surface area contributed by atoms with Crippen molar-refractivity contribution in [1.29, 1.82) is 0 Å². The Kier molecular flexibility index (Phi) is 4.49. The molecule has 2 aliphatic rings. The summed E-state index contributed by atoms with van der Waals surface area (Å²) in [5.74, 6) is -1.36. The van der Waals surface area contributed by atoms with E-state index in [4.69, 9.17) is 14.2 Å². The number of carbonyl (C=O) groups excluding carboxylic acids is 1. The van der Waals surface area contributed by atoms with Gasteiger partial charge in [-0.05, 0) is 13.8 Å². The van der Waals surface area contributed by atoms with Gasteiger partial charge in [0.1, 0.15) is 18.3 Å². The van der Waals surface area contributed by atoms with Crippen molar-refractivity contribution in [3.63, 3.8) is 0 Å². The number of H-pyrrole nitrogens is 1. The second-order valence-corrected chi connectivity index (χ2v) is 7.69. The van der Waals surface area contributed by atoms with Crippen LogP contribution in [0.1, 0.15) is 33.9 Å². The van der Waals surface area contributed by atoms with Crippen LogP contribution in [0, 0.1) is 5.92 Å². The number of aromatic amines is 1. The molecule has 152 valence electrons. The highest BCUT2D eigenvalue weighted by atomic mass is 16.8. The fourth-order valence-corrected chi connectivity index (χ4v) is 3.46. The van der Waals surface area contributed by atoms with Gasteiger partial charge in [-0.15, -0.1) is 0 Å². The number of aliphatic hydroxyl groups is 1. The van der Waals surface area contributed by atoms with Crippen LogP contribution in [0.2, 0.25) is 0 Å². The Hall–Kier alpha value is -2.34. The van der Waals surface area contributed by atoms with Crippen LogP contribution in [0.3, 0.4) is 0 Å². The fraction of sp³-hybridized carbons (Fsp3) is 0.647. The maximum atomic E-state index is 12.4. The third-order valence-electron chi connectivity index (χ3n) is 4.78. The smallest absolute Gasteiger partial charge is 0.280 e. The minimum Gasteiger partial charge on any atom is -0.394 e. The number of aliphatic hydroxyl groups excluding tert-OH is 1. The van der Waals surface area contributed by atoms with Gasteiger partial charge in [0.2, 0.25) is 11.9 Å². The molecule has 2 unspecified atom stereocenters. The summed E-state index contributed by atoms with van der Waals surface area (Å²) in [7, 11) is 0. The average molecular weight is 393 g/mol. The lowest BCUT2D eigenvalue weighted by atomic mass is 10.1. The molecule has 2 saturated heterocycles. The zero-order valence-electron chi connectivity index (χ0n) is 16.0. The van der Waals surface area contributed by atoms with E-state index in [0.29, 0.717) is 0 Å². The van der Waals surface area contributed by atoms with Crippen LogP contribution in [0.5, 0.6) is 0 Å². The van der Waals surface area contributed by atoms with Crippen molar-refractivity contribution in [2.24, 2.45) is 5.92 Å². The summed E-state index contributed by atoms with van der Waals surface area (Å²) in [6.07, 6.45) is -0.839. The van der Waals surface area contributed by atoms with Crippen molar-refractivity contribution in [2.45, 2.75) is 58.0 Å². The average Bonchev–Trinajstić information content (AvgIpc) is 3.25. The largest absolute Gasteiger partial charge is 0.394 e. The molecule has 4 heterocycles. The molecule has 2 aromatic heterocycles. The van der Waals surface area contributed by atoms with Gasteiger partial charge in [0.15, 0.2) is 23.2 Å². The van der Waals surface area contributed by atoms with Crippen molar-refractivity contribution in [3.05, 3.63) is 16.7 Å². The Morgan fingerprint density at radius 1 is 1.39 bits per heavy atom. The van der Waals surface area contributed by atoms with E-state index in [1.165, 1.54) is 6.33 Å². The van der Waals surface area contributed by atoms with Crippen molar-refractivity contribution < 1.29 is 24.1 Å². The topological polar surface area (TPSA) is 141 Å². The van der Waals surface area contributed by atoms with E-state index in [9.17, 15) is 14.7 Å². The number of ether oxygens (including phenoxy) is 3. The number of nitrogens with one attached hydrogen (secondary N) is 2. The number of hydrogen-bond acceptors (Lipinski definition) is 8. The van der Waals surface area contributed by atoms with E-state index in [-0.39, 0.29) is 35.5 Å². The van der Waals surface area contributed by atoms with E-state index in [1.807, 2.05) is 0 Å². The Labute approximate surface area is 160 Å². The summed E-state index contributed by atoms with van der Waals surface area (Å²) in [5.41, 5.74) is -0.147. The number of anilines is 1. The molecule has 1 amide bonds. The van der Waals surface area contributed by atoms with Gasteiger partial charge in [-0.1, -0.05) is 13.8 Å². The minimum absolute atomic E-state index is 0.0233. The minimum atomic E-state index is -0.831. The summed E-state index contributed by atoms with van der Waals surface area (Å²) in [4.78, 5) is 35.3. The standard InChI is InChI=1S/C17H23N5O6/c1-7(2)13(24)20-16-19-12-9(14(25)21-16)18-6-22(12)15-11-10(8(5-23)26-15)27-17(3,4)28-11/h6-8,10-11,15,23H,5H2,1-4H3,(H2,19,20,21,24,25)/t8-,10?,11?,15-/m1/s1. The lowest BCUT2D eigenvalue weighted by Gasteiger charge is -2.24. The summed E-state index contributed by atoms with van der Waals surface area (Å²) >= 11 is 0. The number of carbonyl (C=O) groups is 1. The van der Waals surface area contributed by atoms with Crippen LogP contribution in [-0.4, -0.2) is 61.2 Å². The molecule has 11 heteroatoms. The monoisotopic (exact) mass is 393 g/mol. The number of nitrogens with zero attached hydrogens (tertiary/aromatic N) is 3. The van der Waals surface area contributed by atoms with Crippen molar-refractivity contribution in [3.8, 4) is 0 Å². The maximum Gasteiger partial charge on any atom is 0.280 e. The van der Waals surface area contributed by atoms with E-state index in [0.717, 1.165) is 0 Å². The van der Waals surface area contributed by atoms with Crippen LogP contribution < -0.4 is 10.9 Å². The molecule has 0 saturated carbocycles. The van der Waals surface area contributed by atoms with E-state index in [2.05, 4.69) is 20.3 Å². The Morgan fingerprint density at radius 2 is 2.11 bits per heavy atom. The van der Waals surface area contributed by atoms with E-state index >= 15 is 0 Å².